The number of ketones is 1. The molecule has 0 spiro atoms. The molecule has 2 nitrogen and oxygen atoms in total. The Morgan fingerprint density at radius 3 is 2.69 bits per heavy atom. The van der Waals surface area contributed by atoms with Crippen molar-refractivity contribution in [3.8, 4) is 0 Å². The molecule has 0 bridgehead atoms. The largest absolute Gasteiger partial charge is 0.393 e. The minimum atomic E-state index is -1.80. The average Bonchev–Trinajstić information content (AvgIpc) is 2.16. The van der Waals surface area contributed by atoms with Gasteiger partial charge in [-0.15, -0.1) is 0 Å². The molecule has 0 radical (unpaired) electrons. The van der Waals surface area contributed by atoms with Gasteiger partial charge in [-0.1, -0.05) is 24.3 Å². The molecule has 1 N–H and O–H groups in total. The fourth-order valence-electron chi connectivity index (χ4n) is 1.10. The van der Waals surface area contributed by atoms with Crippen LogP contribution in [0.25, 0.3) is 0 Å². The molecule has 3 heteroatoms. The number of alkyl halides is 1. The van der Waals surface area contributed by atoms with Crippen molar-refractivity contribution in [1.29, 1.82) is 0 Å². The van der Waals surface area contributed by atoms with Crippen molar-refractivity contribution >= 4 is 5.78 Å². The van der Waals surface area contributed by atoms with E-state index in [9.17, 15) is 9.18 Å². The third-order valence-electron chi connectivity index (χ3n) is 1.86. The number of aryl methyl sites for hydroxylation is 1. The van der Waals surface area contributed by atoms with Crippen LogP contribution in [-0.4, -0.2) is 23.7 Å². The summed E-state index contributed by atoms with van der Waals surface area (Å²) >= 11 is 0. The van der Waals surface area contributed by atoms with Gasteiger partial charge in [0.2, 0.25) is 0 Å². The fraction of sp³-hybridized carbons (Fsp3) is 0.300. The molecule has 0 saturated heterocycles. The number of benzene rings is 1. The first kappa shape index (κ1) is 9.86. The van der Waals surface area contributed by atoms with Gasteiger partial charge in [0, 0.05) is 5.56 Å². The number of halogens is 1. The van der Waals surface area contributed by atoms with Gasteiger partial charge in [-0.05, 0) is 12.5 Å². The molecule has 0 heterocycles. The van der Waals surface area contributed by atoms with E-state index >= 15 is 0 Å². The lowest BCUT2D eigenvalue weighted by molar-refractivity contribution is 0.0795. The smallest absolute Gasteiger partial charge is 0.199 e. The Bertz CT molecular complexity index is 310. The van der Waals surface area contributed by atoms with Crippen LogP contribution in [-0.2, 0) is 0 Å². The van der Waals surface area contributed by atoms with Crippen LogP contribution in [0.5, 0.6) is 0 Å². The number of hydrogen-bond acceptors (Lipinski definition) is 2. The molecule has 1 aromatic carbocycles. The molecule has 0 aliphatic rings. The summed E-state index contributed by atoms with van der Waals surface area (Å²) in [6.07, 6.45) is -1.80. The van der Waals surface area contributed by atoms with Gasteiger partial charge in [-0.3, -0.25) is 4.79 Å². The number of rotatable bonds is 3. The van der Waals surface area contributed by atoms with E-state index in [0.29, 0.717) is 5.56 Å². The van der Waals surface area contributed by atoms with Gasteiger partial charge < -0.3 is 5.11 Å². The normalized spacial score (nSPS) is 12.5. The molecule has 1 rings (SSSR count). The number of carbonyl (C=O) groups excluding carboxylic acids is 1. The number of aliphatic hydroxyl groups is 1. The maximum absolute atomic E-state index is 12.8. The molecule has 0 saturated carbocycles. The van der Waals surface area contributed by atoms with Gasteiger partial charge in [0.25, 0.3) is 0 Å². The number of carbonyl (C=O) groups is 1. The predicted molar refractivity (Wildman–Crippen MR) is 47.5 cm³/mol. The molecular formula is C10H11FO2. The van der Waals surface area contributed by atoms with Gasteiger partial charge in [-0.2, -0.15) is 0 Å². The topological polar surface area (TPSA) is 37.3 Å². The van der Waals surface area contributed by atoms with Crippen LogP contribution in [0.3, 0.4) is 0 Å². The minimum absolute atomic E-state index is 0.337. The first-order chi connectivity index (χ1) is 6.16. The third kappa shape index (κ3) is 2.12. The highest BCUT2D eigenvalue weighted by molar-refractivity contribution is 6.00. The van der Waals surface area contributed by atoms with Gasteiger partial charge in [-0.25, -0.2) is 4.39 Å². The minimum Gasteiger partial charge on any atom is -0.393 e. The molecular weight excluding hydrogens is 171 g/mol. The average molecular weight is 182 g/mol. The van der Waals surface area contributed by atoms with E-state index in [-0.39, 0.29) is 0 Å². The first-order valence-corrected chi connectivity index (χ1v) is 4.01. The lowest BCUT2D eigenvalue weighted by Gasteiger charge is -2.06. The Hall–Kier alpha value is -1.22. The molecule has 0 amide bonds. The quantitative estimate of drug-likeness (QED) is 0.719. The Morgan fingerprint density at radius 1 is 1.54 bits per heavy atom. The Kier molecular flexibility index (Phi) is 3.14. The molecule has 1 aromatic rings. The standard InChI is InChI=1S/C10H11FO2/c1-7-4-2-3-5-8(7)10(13)9(11)6-12/h2-5,9,12H,6H2,1H3. The van der Waals surface area contributed by atoms with Crippen LogP contribution in [0, 0.1) is 6.92 Å². The second-order valence-corrected chi connectivity index (χ2v) is 2.83. The zero-order valence-corrected chi connectivity index (χ0v) is 7.33. The third-order valence-corrected chi connectivity index (χ3v) is 1.86. The van der Waals surface area contributed by atoms with Crippen molar-refractivity contribution in [2.45, 2.75) is 13.1 Å². The zero-order valence-electron chi connectivity index (χ0n) is 7.33. The van der Waals surface area contributed by atoms with Crippen molar-refractivity contribution in [2.24, 2.45) is 0 Å². The highest BCUT2D eigenvalue weighted by atomic mass is 19.1. The van der Waals surface area contributed by atoms with Crippen molar-refractivity contribution in [2.75, 3.05) is 6.61 Å². The molecule has 0 aliphatic carbocycles. The predicted octanol–water partition coefficient (Wildman–Crippen LogP) is 1.51. The lowest BCUT2D eigenvalue weighted by atomic mass is 10.0. The van der Waals surface area contributed by atoms with E-state index in [1.165, 1.54) is 0 Å². The summed E-state index contributed by atoms with van der Waals surface area (Å²) in [7, 11) is 0. The van der Waals surface area contributed by atoms with E-state index in [1.54, 1.807) is 31.2 Å². The molecule has 0 aromatic heterocycles. The SMILES string of the molecule is Cc1ccccc1C(=O)C(F)CO. The molecule has 0 aliphatic heterocycles. The second-order valence-electron chi connectivity index (χ2n) is 2.83. The molecule has 70 valence electrons. The number of Topliss-reactive ketones (excluding diaryl/α,β-unsaturated/α-hetero) is 1. The zero-order chi connectivity index (χ0) is 9.84. The van der Waals surface area contributed by atoms with Crippen LogP contribution in [0.2, 0.25) is 0 Å². The van der Waals surface area contributed by atoms with E-state index < -0.39 is 18.6 Å². The van der Waals surface area contributed by atoms with Gasteiger partial charge in [0.15, 0.2) is 12.0 Å². The fourth-order valence-corrected chi connectivity index (χ4v) is 1.10. The summed E-state index contributed by atoms with van der Waals surface area (Å²) in [4.78, 5) is 11.3. The summed E-state index contributed by atoms with van der Waals surface area (Å²) in [6.45, 7) is 0.977. The van der Waals surface area contributed by atoms with Crippen molar-refractivity contribution in [3.63, 3.8) is 0 Å². The Labute approximate surface area is 76.0 Å². The summed E-state index contributed by atoms with van der Waals surface area (Å²) < 4.78 is 12.8. The van der Waals surface area contributed by atoms with E-state index in [0.717, 1.165) is 5.56 Å². The molecule has 0 fully saturated rings. The summed E-state index contributed by atoms with van der Waals surface area (Å²) in [6, 6.07) is 6.74. The number of aliphatic hydroxyl groups excluding tert-OH is 1. The molecule has 13 heavy (non-hydrogen) atoms. The summed E-state index contributed by atoms with van der Waals surface area (Å²) in [5, 5.41) is 8.46. The van der Waals surface area contributed by atoms with E-state index in [1.807, 2.05) is 0 Å². The van der Waals surface area contributed by atoms with Gasteiger partial charge in [0.05, 0.1) is 6.61 Å². The van der Waals surface area contributed by atoms with Crippen molar-refractivity contribution in [1.82, 2.24) is 0 Å². The van der Waals surface area contributed by atoms with Crippen molar-refractivity contribution in [3.05, 3.63) is 35.4 Å². The van der Waals surface area contributed by atoms with Crippen LogP contribution in [0.4, 0.5) is 4.39 Å². The van der Waals surface area contributed by atoms with E-state index in [2.05, 4.69) is 0 Å². The maximum Gasteiger partial charge on any atom is 0.199 e. The first-order valence-electron chi connectivity index (χ1n) is 4.01. The van der Waals surface area contributed by atoms with Crippen LogP contribution >= 0.6 is 0 Å². The highest BCUT2D eigenvalue weighted by Gasteiger charge is 2.18. The van der Waals surface area contributed by atoms with Gasteiger partial charge >= 0.3 is 0 Å². The summed E-state index contributed by atoms with van der Waals surface area (Å²) in [5.41, 5.74) is 1.06. The highest BCUT2D eigenvalue weighted by Crippen LogP contribution is 2.11. The monoisotopic (exact) mass is 182 g/mol. The van der Waals surface area contributed by atoms with E-state index in [4.69, 9.17) is 5.11 Å². The number of hydrogen-bond donors (Lipinski definition) is 1. The Balaban J connectivity index is 2.95. The Morgan fingerprint density at radius 2 is 2.15 bits per heavy atom. The lowest BCUT2D eigenvalue weighted by Crippen LogP contribution is -2.20. The van der Waals surface area contributed by atoms with Crippen molar-refractivity contribution < 1.29 is 14.3 Å². The summed E-state index contributed by atoms with van der Waals surface area (Å²) in [5.74, 6) is -0.652. The van der Waals surface area contributed by atoms with Crippen LogP contribution in [0.15, 0.2) is 24.3 Å². The molecule has 1 unspecified atom stereocenters. The maximum atomic E-state index is 12.8. The second kappa shape index (κ2) is 4.14. The van der Waals surface area contributed by atoms with Gasteiger partial charge in [0.1, 0.15) is 0 Å². The van der Waals surface area contributed by atoms with Crippen LogP contribution in [0.1, 0.15) is 15.9 Å². The molecule has 1 atom stereocenters. The van der Waals surface area contributed by atoms with Crippen LogP contribution < -0.4 is 0 Å².